The van der Waals surface area contributed by atoms with E-state index < -0.39 is 5.91 Å². The summed E-state index contributed by atoms with van der Waals surface area (Å²) in [6.07, 6.45) is 1.23. The summed E-state index contributed by atoms with van der Waals surface area (Å²) in [5.74, 6) is 0.156. The van der Waals surface area contributed by atoms with Gasteiger partial charge in [0, 0.05) is 57.2 Å². The number of amides is 2. The summed E-state index contributed by atoms with van der Waals surface area (Å²) in [6.45, 7) is 5.18. The van der Waals surface area contributed by atoms with E-state index in [1.165, 1.54) is 25.4 Å². The van der Waals surface area contributed by atoms with Gasteiger partial charge in [-0.2, -0.15) is 4.98 Å². The summed E-state index contributed by atoms with van der Waals surface area (Å²) in [6, 6.07) is 13.0. The first-order chi connectivity index (χ1) is 20.2. The zero-order chi connectivity index (χ0) is 30.1. The van der Waals surface area contributed by atoms with E-state index in [-0.39, 0.29) is 41.7 Å². The highest BCUT2D eigenvalue weighted by Crippen LogP contribution is 2.26. The largest absolute Gasteiger partial charge is 0.472 e. The normalized spacial score (nSPS) is 14.1. The van der Waals surface area contributed by atoms with Crippen molar-refractivity contribution in [1.29, 1.82) is 0 Å². The summed E-state index contributed by atoms with van der Waals surface area (Å²) in [5, 5.41) is 2.73. The highest BCUT2D eigenvalue weighted by atomic mass is 16.5. The van der Waals surface area contributed by atoms with Crippen LogP contribution < -0.4 is 14.8 Å². The van der Waals surface area contributed by atoms with Crippen LogP contribution in [0.2, 0.25) is 0 Å². The molecule has 3 heterocycles. The molecule has 222 valence electrons. The van der Waals surface area contributed by atoms with Crippen LogP contribution in [-0.4, -0.2) is 97.7 Å². The molecule has 0 bridgehead atoms. The second-order valence-electron chi connectivity index (χ2n) is 9.90. The lowest BCUT2D eigenvalue weighted by atomic mass is 10.1. The SMILES string of the molecule is COC[C@@H](C)Oc1cc(C(=O)Nc2ccc(CC(=O)OC)cn2)cc(Oc2ccc(C(=O)N3CCN(C)CC3)cc2)n1. The molecule has 0 unspecified atom stereocenters. The Kier molecular flexibility index (Phi) is 10.4. The third kappa shape index (κ3) is 8.48. The lowest BCUT2D eigenvalue weighted by molar-refractivity contribution is -0.139. The maximum Gasteiger partial charge on any atom is 0.310 e. The second-order valence-corrected chi connectivity index (χ2v) is 9.90. The van der Waals surface area contributed by atoms with Gasteiger partial charge in [0.15, 0.2) is 0 Å². The standard InChI is InChI=1S/C30H35N5O7/c1-20(19-39-3)41-26-16-23(29(37)32-25-10-5-21(18-31-25)15-28(36)40-4)17-27(33-26)42-24-8-6-22(7-9-24)30(38)35-13-11-34(2)12-14-35/h5-10,16-18,20H,11-15,19H2,1-4H3,(H,31,32,37)/t20-/m1/s1. The van der Waals surface area contributed by atoms with Crippen molar-refractivity contribution in [3.8, 4) is 17.5 Å². The van der Waals surface area contributed by atoms with Crippen LogP contribution in [0, 0.1) is 0 Å². The van der Waals surface area contributed by atoms with E-state index in [2.05, 4.69) is 24.9 Å². The van der Waals surface area contributed by atoms with Gasteiger partial charge in [0.05, 0.1) is 25.7 Å². The molecule has 3 aromatic rings. The van der Waals surface area contributed by atoms with Crippen LogP contribution in [-0.2, 0) is 20.7 Å². The summed E-state index contributed by atoms with van der Waals surface area (Å²) in [7, 11) is 4.92. The minimum Gasteiger partial charge on any atom is -0.472 e. The highest BCUT2D eigenvalue weighted by Gasteiger charge is 2.21. The number of nitrogens with zero attached hydrogens (tertiary/aromatic N) is 4. The second kappa shape index (κ2) is 14.4. The van der Waals surface area contributed by atoms with Gasteiger partial charge < -0.3 is 34.1 Å². The average molecular weight is 578 g/mol. The number of carbonyl (C=O) groups excluding carboxylic acids is 3. The van der Waals surface area contributed by atoms with E-state index in [9.17, 15) is 14.4 Å². The topological polar surface area (TPSA) is 132 Å². The summed E-state index contributed by atoms with van der Waals surface area (Å²) in [5.41, 5.74) is 1.44. The summed E-state index contributed by atoms with van der Waals surface area (Å²) in [4.78, 5) is 50.2. The monoisotopic (exact) mass is 577 g/mol. The van der Waals surface area contributed by atoms with E-state index in [1.807, 2.05) is 18.9 Å². The fourth-order valence-corrected chi connectivity index (χ4v) is 4.21. The molecule has 1 aliphatic rings. The molecule has 1 fully saturated rings. The Morgan fingerprint density at radius 1 is 0.952 bits per heavy atom. The molecule has 1 saturated heterocycles. The number of nitrogens with one attached hydrogen (secondary N) is 1. The van der Waals surface area contributed by atoms with Crippen LogP contribution in [0.5, 0.6) is 17.5 Å². The van der Waals surface area contributed by atoms with Crippen LogP contribution >= 0.6 is 0 Å². The molecule has 1 atom stereocenters. The zero-order valence-electron chi connectivity index (χ0n) is 24.2. The van der Waals surface area contributed by atoms with Gasteiger partial charge in [0.25, 0.3) is 11.8 Å². The molecule has 0 spiro atoms. The number of benzene rings is 1. The van der Waals surface area contributed by atoms with Crippen molar-refractivity contribution >= 4 is 23.6 Å². The number of hydrogen-bond acceptors (Lipinski definition) is 10. The molecule has 0 saturated carbocycles. The summed E-state index contributed by atoms with van der Waals surface area (Å²) >= 11 is 0. The molecule has 2 amide bonds. The number of esters is 1. The number of likely N-dealkylation sites (N-methyl/N-ethyl adjacent to an activating group) is 1. The van der Waals surface area contributed by atoms with Crippen molar-refractivity contribution in [1.82, 2.24) is 19.8 Å². The molecule has 12 heteroatoms. The number of carbonyl (C=O) groups is 3. The van der Waals surface area contributed by atoms with Crippen LogP contribution in [0.1, 0.15) is 33.2 Å². The molecule has 0 radical (unpaired) electrons. The maximum atomic E-state index is 13.1. The maximum absolute atomic E-state index is 13.1. The lowest BCUT2D eigenvalue weighted by Gasteiger charge is -2.32. The number of anilines is 1. The van der Waals surface area contributed by atoms with Gasteiger partial charge in [-0.3, -0.25) is 14.4 Å². The quantitative estimate of drug-likeness (QED) is 0.339. The van der Waals surface area contributed by atoms with Crippen molar-refractivity contribution in [2.45, 2.75) is 19.4 Å². The van der Waals surface area contributed by atoms with E-state index in [0.29, 0.717) is 42.4 Å². The van der Waals surface area contributed by atoms with Gasteiger partial charge in [-0.25, -0.2) is 4.98 Å². The fourth-order valence-electron chi connectivity index (χ4n) is 4.21. The average Bonchev–Trinajstić information content (AvgIpc) is 2.98. The van der Waals surface area contributed by atoms with Crippen molar-refractivity contribution < 1.29 is 33.3 Å². The Morgan fingerprint density at radius 2 is 1.67 bits per heavy atom. The predicted molar refractivity (Wildman–Crippen MR) is 154 cm³/mol. The molecule has 4 rings (SSSR count). The highest BCUT2D eigenvalue weighted by molar-refractivity contribution is 6.04. The molecule has 42 heavy (non-hydrogen) atoms. The van der Waals surface area contributed by atoms with E-state index >= 15 is 0 Å². The smallest absolute Gasteiger partial charge is 0.310 e. The Labute approximate surface area is 244 Å². The Bertz CT molecular complexity index is 1370. The Hall–Kier alpha value is -4.55. The van der Waals surface area contributed by atoms with Crippen LogP contribution in [0.25, 0.3) is 0 Å². The van der Waals surface area contributed by atoms with E-state index in [4.69, 9.17) is 14.2 Å². The van der Waals surface area contributed by atoms with Crippen molar-refractivity contribution in [2.24, 2.45) is 0 Å². The number of ether oxygens (including phenoxy) is 4. The third-order valence-corrected chi connectivity index (χ3v) is 6.52. The number of pyridine rings is 2. The number of rotatable bonds is 11. The van der Waals surface area contributed by atoms with Crippen molar-refractivity contribution in [3.05, 3.63) is 71.4 Å². The zero-order valence-corrected chi connectivity index (χ0v) is 24.2. The number of hydrogen-bond donors (Lipinski definition) is 1. The molecule has 1 aromatic carbocycles. The minimum absolute atomic E-state index is 0.0267. The van der Waals surface area contributed by atoms with Crippen LogP contribution in [0.3, 0.4) is 0 Å². The van der Waals surface area contributed by atoms with Gasteiger partial charge in [-0.15, -0.1) is 0 Å². The fraction of sp³-hybridized carbons (Fsp3) is 0.367. The first kappa shape index (κ1) is 30.4. The predicted octanol–water partition coefficient (Wildman–Crippen LogP) is 3.04. The molecule has 0 aliphatic carbocycles. The van der Waals surface area contributed by atoms with Gasteiger partial charge >= 0.3 is 5.97 Å². The third-order valence-electron chi connectivity index (χ3n) is 6.52. The van der Waals surface area contributed by atoms with Gasteiger partial charge in [-0.1, -0.05) is 6.07 Å². The van der Waals surface area contributed by atoms with Gasteiger partial charge in [0.2, 0.25) is 11.8 Å². The van der Waals surface area contributed by atoms with Gasteiger partial charge in [-0.05, 0) is 49.9 Å². The van der Waals surface area contributed by atoms with E-state index in [1.54, 1.807) is 43.5 Å². The minimum atomic E-state index is -0.465. The van der Waals surface area contributed by atoms with Crippen LogP contribution in [0.4, 0.5) is 5.82 Å². The lowest BCUT2D eigenvalue weighted by Crippen LogP contribution is -2.47. The molecule has 12 nitrogen and oxygen atoms in total. The molecule has 2 aromatic heterocycles. The number of aromatic nitrogens is 2. The van der Waals surface area contributed by atoms with Crippen LogP contribution in [0.15, 0.2) is 54.7 Å². The first-order valence-corrected chi connectivity index (χ1v) is 13.5. The van der Waals surface area contributed by atoms with Crippen molar-refractivity contribution in [3.63, 3.8) is 0 Å². The summed E-state index contributed by atoms with van der Waals surface area (Å²) < 4.78 is 21.6. The van der Waals surface area contributed by atoms with Crippen molar-refractivity contribution in [2.75, 3.05) is 59.4 Å². The molecule has 1 aliphatic heterocycles. The molecular formula is C30H35N5O7. The van der Waals surface area contributed by atoms with Gasteiger partial charge in [0.1, 0.15) is 17.7 Å². The molecular weight excluding hydrogens is 542 g/mol. The number of piperazine rings is 1. The van der Waals surface area contributed by atoms with E-state index in [0.717, 1.165) is 13.1 Å². The number of methoxy groups -OCH3 is 2. The Balaban J connectivity index is 1.49. The first-order valence-electron chi connectivity index (χ1n) is 13.5. The Morgan fingerprint density at radius 3 is 2.31 bits per heavy atom. The molecule has 1 N–H and O–H groups in total.